The van der Waals surface area contributed by atoms with Crippen LogP contribution in [0.15, 0.2) is 67.1 Å². The van der Waals surface area contributed by atoms with Crippen molar-refractivity contribution in [3.05, 3.63) is 72.7 Å². The molecule has 6 heteroatoms. The highest BCUT2D eigenvalue weighted by Crippen LogP contribution is 2.27. The lowest BCUT2D eigenvalue weighted by Gasteiger charge is -2.17. The number of benzene rings is 1. The summed E-state index contributed by atoms with van der Waals surface area (Å²) in [4.78, 5) is 18.7. The molecule has 0 radical (unpaired) electrons. The van der Waals surface area contributed by atoms with E-state index in [9.17, 15) is 4.79 Å². The highest BCUT2D eigenvalue weighted by atomic mass is 16.2. The molecule has 1 aromatic carbocycles. The zero-order valence-corrected chi connectivity index (χ0v) is 13.7. The fourth-order valence-corrected chi connectivity index (χ4v) is 3.14. The average Bonchev–Trinajstić information content (AvgIpc) is 3.35. The Morgan fingerprint density at radius 2 is 2.00 bits per heavy atom. The molecule has 0 spiro atoms. The van der Waals surface area contributed by atoms with Gasteiger partial charge in [0.15, 0.2) is 5.82 Å². The second-order valence-corrected chi connectivity index (χ2v) is 6.13. The third kappa shape index (κ3) is 3.38. The number of hydrogen-bond acceptors (Lipinski definition) is 3. The molecule has 0 aliphatic carbocycles. The fourth-order valence-electron chi connectivity index (χ4n) is 3.14. The van der Waals surface area contributed by atoms with Crippen molar-refractivity contribution in [3.8, 4) is 5.82 Å². The second-order valence-electron chi connectivity index (χ2n) is 6.13. The Labute approximate surface area is 146 Å². The minimum atomic E-state index is -0.0768. The summed E-state index contributed by atoms with van der Waals surface area (Å²) in [7, 11) is 0. The molecule has 2 amide bonds. The molecule has 0 saturated carbocycles. The Hall–Kier alpha value is -3.15. The Balaban J connectivity index is 1.38. The van der Waals surface area contributed by atoms with Gasteiger partial charge in [-0.15, -0.1) is 0 Å². The molecule has 1 atom stereocenters. The average molecular weight is 333 g/mol. The van der Waals surface area contributed by atoms with Gasteiger partial charge in [0.1, 0.15) is 0 Å². The molecule has 6 nitrogen and oxygen atoms in total. The molecular weight excluding hydrogens is 314 g/mol. The van der Waals surface area contributed by atoms with Crippen LogP contribution >= 0.6 is 0 Å². The summed E-state index contributed by atoms with van der Waals surface area (Å²) in [6, 6.07) is 15.8. The van der Waals surface area contributed by atoms with Gasteiger partial charge in [0.25, 0.3) is 0 Å². The van der Waals surface area contributed by atoms with Gasteiger partial charge in [-0.1, -0.05) is 30.3 Å². The van der Waals surface area contributed by atoms with Crippen LogP contribution in [0, 0.1) is 0 Å². The lowest BCUT2D eigenvalue weighted by Crippen LogP contribution is -2.32. The number of pyridine rings is 1. The standard InChI is InChI=1S/C19H19N5O/c25-19(23-12-9-16(14-23)15-5-2-1-3-6-15)22-17-7-8-18(20-13-17)24-11-4-10-21-24/h1-8,10-11,13,16H,9,12,14H2,(H,22,25). The van der Waals surface area contributed by atoms with Crippen molar-refractivity contribution in [3.63, 3.8) is 0 Å². The molecule has 4 rings (SSSR count). The zero-order valence-electron chi connectivity index (χ0n) is 13.7. The van der Waals surface area contributed by atoms with Crippen LogP contribution in [0.3, 0.4) is 0 Å². The van der Waals surface area contributed by atoms with Crippen molar-refractivity contribution < 1.29 is 4.79 Å². The Morgan fingerprint density at radius 3 is 2.72 bits per heavy atom. The first kappa shape index (κ1) is 15.4. The van der Waals surface area contributed by atoms with Crippen molar-refractivity contribution in [2.75, 3.05) is 18.4 Å². The maximum absolute atomic E-state index is 12.5. The molecule has 1 aliphatic heterocycles. The van der Waals surface area contributed by atoms with Crippen LogP contribution in [-0.2, 0) is 0 Å². The minimum Gasteiger partial charge on any atom is -0.324 e. The number of nitrogens with one attached hydrogen (secondary N) is 1. The molecule has 1 N–H and O–H groups in total. The molecule has 126 valence electrons. The molecule has 1 fully saturated rings. The van der Waals surface area contributed by atoms with E-state index in [2.05, 4.69) is 27.5 Å². The number of aromatic nitrogens is 3. The normalized spacial score (nSPS) is 16.8. The number of anilines is 1. The predicted octanol–water partition coefficient (Wildman–Crippen LogP) is 3.29. The van der Waals surface area contributed by atoms with Gasteiger partial charge < -0.3 is 10.2 Å². The first-order valence-corrected chi connectivity index (χ1v) is 8.36. The SMILES string of the molecule is O=C(Nc1ccc(-n2cccn2)nc1)N1CCC(c2ccccc2)C1. The summed E-state index contributed by atoms with van der Waals surface area (Å²) in [5.74, 6) is 1.13. The molecule has 1 aliphatic rings. The lowest BCUT2D eigenvalue weighted by molar-refractivity contribution is 0.222. The molecule has 1 unspecified atom stereocenters. The largest absolute Gasteiger partial charge is 0.324 e. The second kappa shape index (κ2) is 6.76. The summed E-state index contributed by atoms with van der Waals surface area (Å²) in [5.41, 5.74) is 1.98. The number of nitrogens with zero attached hydrogens (tertiary/aromatic N) is 4. The van der Waals surface area contributed by atoms with Gasteiger partial charge >= 0.3 is 6.03 Å². The van der Waals surface area contributed by atoms with E-state index in [0.29, 0.717) is 17.4 Å². The number of carbonyl (C=O) groups excluding carboxylic acids is 1. The van der Waals surface area contributed by atoms with Crippen LogP contribution in [0.1, 0.15) is 17.9 Å². The molecule has 2 aromatic heterocycles. The molecule has 3 heterocycles. The Bertz CT molecular complexity index is 830. The summed E-state index contributed by atoms with van der Waals surface area (Å²) in [5, 5.41) is 7.06. The van der Waals surface area contributed by atoms with Gasteiger partial charge in [0, 0.05) is 31.4 Å². The van der Waals surface area contributed by atoms with Crippen LogP contribution in [0.25, 0.3) is 5.82 Å². The van der Waals surface area contributed by atoms with E-state index in [1.54, 1.807) is 17.1 Å². The predicted molar refractivity (Wildman–Crippen MR) is 95.8 cm³/mol. The minimum absolute atomic E-state index is 0.0768. The molecule has 25 heavy (non-hydrogen) atoms. The van der Waals surface area contributed by atoms with Crippen molar-refractivity contribution in [1.29, 1.82) is 0 Å². The van der Waals surface area contributed by atoms with E-state index in [1.165, 1.54) is 5.56 Å². The van der Waals surface area contributed by atoms with Crippen LogP contribution < -0.4 is 5.32 Å². The quantitative estimate of drug-likeness (QED) is 0.800. The number of hydrogen-bond donors (Lipinski definition) is 1. The van der Waals surface area contributed by atoms with Crippen molar-refractivity contribution in [2.24, 2.45) is 0 Å². The number of rotatable bonds is 3. The van der Waals surface area contributed by atoms with Gasteiger partial charge in [-0.05, 0) is 30.2 Å². The highest BCUT2D eigenvalue weighted by molar-refractivity contribution is 5.89. The van der Waals surface area contributed by atoms with E-state index in [1.807, 2.05) is 47.5 Å². The number of carbonyl (C=O) groups is 1. The molecule has 1 saturated heterocycles. The van der Waals surface area contributed by atoms with Gasteiger partial charge in [0.2, 0.25) is 0 Å². The number of likely N-dealkylation sites (tertiary alicyclic amines) is 1. The van der Waals surface area contributed by atoms with Crippen molar-refractivity contribution in [2.45, 2.75) is 12.3 Å². The summed E-state index contributed by atoms with van der Waals surface area (Å²) in [6.45, 7) is 1.51. The van der Waals surface area contributed by atoms with Crippen LogP contribution in [0.4, 0.5) is 10.5 Å². The Morgan fingerprint density at radius 1 is 1.12 bits per heavy atom. The monoisotopic (exact) mass is 333 g/mol. The van der Waals surface area contributed by atoms with Gasteiger partial charge in [-0.2, -0.15) is 5.10 Å². The van der Waals surface area contributed by atoms with E-state index in [-0.39, 0.29) is 6.03 Å². The zero-order chi connectivity index (χ0) is 17.1. The lowest BCUT2D eigenvalue weighted by atomic mass is 9.99. The summed E-state index contributed by atoms with van der Waals surface area (Å²) < 4.78 is 1.68. The third-order valence-corrected chi connectivity index (χ3v) is 4.48. The number of amides is 2. The first-order chi connectivity index (χ1) is 12.3. The number of urea groups is 1. The van der Waals surface area contributed by atoms with E-state index < -0.39 is 0 Å². The third-order valence-electron chi connectivity index (χ3n) is 4.48. The smallest absolute Gasteiger partial charge is 0.321 e. The van der Waals surface area contributed by atoms with Crippen LogP contribution in [-0.4, -0.2) is 38.8 Å². The van der Waals surface area contributed by atoms with Crippen LogP contribution in [0.5, 0.6) is 0 Å². The Kier molecular flexibility index (Phi) is 4.16. The fraction of sp³-hybridized carbons (Fsp3) is 0.211. The summed E-state index contributed by atoms with van der Waals surface area (Å²) in [6.07, 6.45) is 6.18. The van der Waals surface area contributed by atoms with Gasteiger partial charge in [-0.25, -0.2) is 14.5 Å². The van der Waals surface area contributed by atoms with Gasteiger partial charge in [0.05, 0.1) is 11.9 Å². The first-order valence-electron chi connectivity index (χ1n) is 8.36. The van der Waals surface area contributed by atoms with Crippen LogP contribution in [0.2, 0.25) is 0 Å². The summed E-state index contributed by atoms with van der Waals surface area (Å²) >= 11 is 0. The maximum Gasteiger partial charge on any atom is 0.321 e. The van der Waals surface area contributed by atoms with E-state index >= 15 is 0 Å². The maximum atomic E-state index is 12.5. The molecule has 0 bridgehead atoms. The van der Waals surface area contributed by atoms with Crippen molar-refractivity contribution >= 4 is 11.7 Å². The molecular formula is C19H19N5O. The van der Waals surface area contributed by atoms with E-state index in [0.717, 1.165) is 19.5 Å². The van der Waals surface area contributed by atoms with E-state index in [4.69, 9.17) is 0 Å². The highest BCUT2D eigenvalue weighted by Gasteiger charge is 2.27. The topological polar surface area (TPSA) is 63.1 Å². The van der Waals surface area contributed by atoms with Gasteiger partial charge in [-0.3, -0.25) is 0 Å². The molecule has 3 aromatic rings. The van der Waals surface area contributed by atoms with Crippen molar-refractivity contribution in [1.82, 2.24) is 19.7 Å².